The maximum absolute atomic E-state index is 4.07. The summed E-state index contributed by atoms with van der Waals surface area (Å²) in [6.07, 6.45) is 8.49. The van der Waals surface area contributed by atoms with Crippen molar-refractivity contribution in [3.8, 4) is 0 Å². The molecule has 0 saturated carbocycles. The predicted octanol–water partition coefficient (Wildman–Crippen LogP) is 2.39. The SMILES string of the molecule is CSC(C)CNC1CCN(Cc2ccncc2)CC1. The van der Waals surface area contributed by atoms with E-state index in [0.717, 1.165) is 18.3 Å². The minimum Gasteiger partial charge on any atom is -0.313 e. The van der Waals surface area contributed by atoms with Gasteiger partial charge >= 0.3 is 0 Å². The van der Waals surface area contributed by atoms with Gasteiger partial charge in [0.25, 0.3) is 0 Å². The molecule has 0 aromatic carbocycles. The Labute approximate surface area is 121 Å². The lowest BCUT2D eigenvalue weighted by molar-refractivity contribution is 0.191. The molecule has 3 nitrogen and oxygen atoms in total. The van der Waals surface area contributed by atoms with Crippen molar-refractivity contribution in [2.75, 3.05) is 25.9 Å². The number of rotatable bonds is 6. The summed E-state index contributed by atoms with van der Waals surface area (Å²) in [6, 6.07) is 4.94. The van der Waals surface area contributed by atoms with Gasteiger partial charge in [-0.25, -0.2) is 0 Å². The number of pyridine rings is 1. The highest BCUT2D eigenvalue weighted by atomic mass is 32.2. The third-order valence-electron chi connectivity index (χ3n) is 3.84. The molecule has 1 saturated heterocycles. The standard InChI is InChI=1S/C15H25N3S/c1-13(19-2)11-17-15-5-9-18(10-6-15)12-14-3-7-16-8-4-14/h3-4,7-8,13,15,17H,5-6,9-12H2,1-2H3. The van der Waals surface area contributed by atoms with Crippen molar-refractivity contribution in [1.29, 1.82) is 0 Å². The Morgan fingerprint density at radius 2 is 2.05 bits per heavy atom. The van der Waals surface area contributed by atoms with Gasteiger partial charge in [0.1, 0.15) is 0 Å². The molecule has 0 aliphatic carbocycles. The molecule has 1 aliphatic heterocycles. The molecule has 0 spiro atoms. The van der Waals surface area contributed by atoms with Crippen LogP contribution >= 0.6 is 11.8 Å². The van der Waals surface area contributed by atoms with E-state index in [9.17, 15) is 0 Å². The Morgan fingerprint density at radius 1 is 1.37 bits per heavy atom. The normalized spacial score (nSPS) is 19.5. The Morgan fingerprint density at radius 3 is 2.68 bits per heavy atom. The summed E-state index contributed by atoms with van der Waals surface area (Å²) < 4.78 is 0. The number of nitrogens with one attached hydrogen (secondary N) is 1. The summed E-state index contributed by atoms with van der Waals surface area (Å²) in [4.78, 5) is 6.62. The molecule has 1 unspecified atom stereocenters. The van der Waals surface area contributed by atoms with Crippen LogP contribution in [0.3, 0.4) is 0 Å². The number of hydrogen-bond donors (Lipinski definition) is 1. The van der Waals surface area contributed by atoms with Crippen LogP contribution in [0, 0.1) is 0 Å². The summed E-state index contributed by atoms with van der Waals surface area (Å²) in [6.45, 7) is 6.89. The molecule has 1 aromatic heterocycles. The second-order valence-electron chi connectivity index (χ2n) is 5.36. The van der Waals surface area contributed by atoms with Crippen LogP contribution in [-0.2, 0) is 6.54 Å². The zero-order valence-electron chi connectivity index (χ0n) is 12.0. The van der Waals surface area contributed by atoms with E-state index in [4.69, 9.17) is 0 Å². The van der Waals surface area contributed by atoms with E-state index < -0.39 is 0 Å². The molecule has 4 heteroatoms. The zero-order chi connectivity index (χ0) is 13.5. The van der Waals surface area contributed by atoms with Gasteiger partial charge in [0.05, 0.1) is 0 Å². The maximum Gasteiger partial charge on any atom is 0.0271 e. The second-order valence-corrected chi connectivity index (χ2v) is 6.64. The molecule has 1 aliphatic rings. The van der Waals surface area contributed by atoms with Crippen LogP contribution in [0.5, 0.6) is 0 Å². The van der Waals surface area contributed by atoms with E-state index in [2.05, 4.69) is 40.5 Å². The molecule has 0 amide bonds. The third-order valence-corrected chi connectivity index (χ3v) is 4.81. The average Bonchev–Trinajstić information content (AvgIpc) is 2.47. The van der Waals surface area contributed by atoms with Gasteiger partial charge in [-0.2, -0.15) is 11.8 Å². The first kappa shape index (κ1) is 14.8. The van der Waals surface area contributed by atoms with Crippen LogP contribution in [0.15, 0.2) is 24.5 Å². The van der Waals surface area contributed by atoms with E-state index in [0.29, 0.717) is 6.04 Å². The molecule has 106 valence electrons. The Hall–Kier alpha value is -0.580. The molecule has 1 fully saturated rings. The summed E-state index contributed by atoms with van der Waals surface area (Å²) in [5.41, 5.74) is 1.37. The van der Waals surface area contributed by atoms with E-state index in [1.165, 1.54) is 31.5 Å². The number of nitrogens with zero attached hydrogens (tertiary/aromatic N) is 2. The van der Waals surface area contributed by atoms with Crippen molar-refractivity contribution >= 4 is 11.8 Å². The van der Waals surface area contributed by atoms with Gasteiger partial charge in [-0.05, 0) is 49.9 Å². The Balaban J connectivity index is 1.68. The summed E-state index contributed by atoms with van der Waals surface area (Å²) >= 11 is 1.94. The lowest BCUT2D eigenvalue weighted by Gasteiger charge is -2.33. The van der Waals surface area contributed by atoms with Crippen LogP contribution in [0.25, 0.3) is 0 Å². The molecule has 19 heavy (non-hydrogen) atoms. The quantitative estimate of drug-likeness (QED) is 0.865. The van der Waals surface area contributed by atoms with E-state index in [-0.39, 0.29) is 0 Å². The Kier molecular flexibility index (Phi) is 6.14. The highest BCUT2D eigenvalue weighted by molar-refractivity contribution is 7.99. The minimum absolute atomic E-state index is 0.711. The predicted molar refractivity (Wildman–Crippen MR) is 83.5 cm³/mol. The lowest BCUT2D eigenvalue weighted by atomic mass is 10.0. The van der Waals surface area contributed by atoms with Crippen molar-refractivity contribution in [2.24, 2.45) is 0 Å². The van der Waals surface area contributed by atoms with Gasteiger partial charge in [-0.15, -0.1) is 0 Å². The topological polar surface area (TPSA) is 28.2 Å². The van der Waals surface area contributed by atoms with Crippen LogP contribution in [0.1, 0.15) is 25.3 Å². The van der Waals surface area contributed by atoms with Crippen LogP contribution in [0.4, 0.5) is 0 Å². The molecule has 0 radical (unpaired) electrons. The summed E-state index contributed by atoms with van der Waals surface area (Å²) in [5, 5.41) is 4.42. The van der Waals surface area contributed by atoms with Crippen LogP contribution in [0.2, 0.25) is 0 Å². The largest absolute Gasteiger partial charge is 0.313 e. The number of hydrogen-bond acceptors (Lipinski definition) is 4. The van der Waals surface area contributed by atoms with Gasteiger partial charge in [-0.1, -0.05) is 6.92 Å². The van der Waals surface area contributed by atoms with Gasteiger partial charge in [-0.3, -0.25) is 9.88 Å². The second kappa shape index (κ2) is 7.88. The monoisotopic (exact) mass is 279 g/mol. The fourth-order valence-electron chi connectivity index (χ4n) is 2.46. The molecule has 1 atom stereocenters. The zero-order valence-corrected chi connectivity index (χ0v) is 12.8. The Bertz CT molecular complexity index is 350. The maximum atomic E-state index is 4.07. The first-order chi connectivity index (χ1) is 9.28. The number of aromatic nitrogens is 1. The minimum atomic E-state index is 0.711. The summed E-state index contributed by atoms with van der Waals surface area (Å²) in [5.74, 6) is 0. The average molecular weight is 279 g/mol. The van der Waals surface area contributed by atoms with E-state index >= 15 is 0 Å². The van der Waals surface area contributed by atoms with Gasteiger partial charge in [0, 0.05) is 36.8 Å². The van der Waals surface area contributed by atoms with Crippen molar-refractivity contribution in [3.05, 3.63) is 30.1 Å². The number of piperidine rings is 1. The first-order valence-corrected chi connectivity index (χ1v) is 8.44. The van der Waals surface area contributed by atoms with Gasteiger partial charge in [0.2, 0.25) is 0 Å². The molecule has 2 rings (SSSR count). The number of thioether (sulfide) groups is 1. The summed E-state index contributed by atoms with van der Waals surface area (Å²) in [7, 11) is 0. The lowest BCUT2D eigenvalue weighted by Crippen LogP contribution is -2.43. The highest BCUT2D eigenvalue weighted by Gasteiger charge is 2.19. The van der Waals surface area contributed by atoms with Crippen LogP contribution in [-0.4, -0.2) is 47.1 Å². The molecule has 2 heterocycles. The molecular weight excluding hydrogens is 254 g/mol. The highest BCUT2D eigenvalue weighted by Crippen LogP contribution is 2.14. The van der Waals surface area contributed by atoms with E-state index in [1.54, 1.807) is 0 Å². The van der Waals surface area contributed by atoms with E-state index in [1.807, 2.05) is 24.2 Å². The third kappa shape index (κ3) is 5.13. The molecule has 1 aromatic rings. The molecular formula is C15H25N3S. The number of likely N-dealkylation sites (tertiary alicyclic amines) is 1. The van der Waals surface area contributed by atoms with Crippen molar-refractivity contribution in [3.63, 3.8) is 0 Å². The molecule has 1 N–H and O–H groups in total. The smallest absolute Gasteiger partial charge is 0.0271 e. The fraction of sp³-hybridized carbons (Fsp3) is 0.667. The van der Waals surface area contributed by atoms with Crippen molar-refractivity contribution < 1.29 is 0 Å². The van der Waals surface area contributed by atoms with Crippen molar-refractivity contribution in [2.45, 2.75) is 37.6 Å². The van der Waals surface area contributed by atoms with Gasteiger partial charge in [0.15, 0.2) is 0 Å². The fourth-order valence-corrected chi connectivity index (χ4v) is 2.72. The first-order valence-electron chi connectivity index (χ1n) is 7.15. The molecule has 0 bridgehead atoms. The van der Waals surface area contributed by atoms with Crippen LogP contribution < -0.4 is 5.32 Å². The van der Waals surface area contributed by atoms with Gasteiger partial charge < -0.3 is 5.32 Å². The van der Waals surface area contributed by atoms with Crippen molar-refractivity contribution in [1.82, 2.24) is 15.2 Å².